The molecule has 1 aromatic rings. The number of hydrogen-bond acceptors (Lipinski definition) is 4. The van der Waals surface area contributed by atoms with Crippen molar-refractivity contribution >= 4 is 11.9 Å². The smallest absolute Gasteiger partial charge is 0.328 e. The molecule has 0 saturated heterocycles. The summed E-state index contributed by atoms with van der Waals surface area (Å²) in [6.45, 7) is 1.56. The van der Waals surface area contributed by atoms with Gasteiger partial charge in [0.1, 0.15) is 6.04 Å². The van der Waals surface area contributed by atoms with Crippen molar-refractivity contribution in [1.82, 2.24) is 5.32 Å². The minimum absolute atomic E-state index is 0.00580. The summed E-state index contributed by atoms with van der Waals surface area (Å²) in [7, 11) is 1.13. The van der Waals surface area contributed by atoms with Crippen molar-refractivity contribution in [2.75, 3.05) is 7.11 Å². The highest BCUT2D eigenvalue weighted by Crippen LogP contribution is 2.13. The molecule has 112 valence electrons. The highest BCUT2D eigenvalue weighted by Gasteiger charge is 2.26. The molecule has 7 heteroatoms. The first-order valence-corrected chi connectivity index (χ1v) is 6.13. The molecule has 0 radical (unpaired) electrons. The van der Waals surface area contributed by atoms with Crippen LogP contribution in [0.3, 0.4) is 0 Å². The van der Waals surface area contributed by atoms with E-state index in [-0.39, 0.29) is 6.42 Å². The fraction of sp³-hybridized carbons (Fsp3) is 0.357. The summed E-state index contributed by atoms with van der Waals surface area (Å²) in [5.41, 5.74) is -0.520. The predicted molar refractivity (Wildman–Crippen MR) is 69.0 cm³/mol. The molecular formula is C14H14F2N2O3. The van der Waals surface area contributed by atoms with Gasteiger partial charge in [0.05, 0.1) is 18.7 Å². The van der Waals surface area contributed by atoms with Crippen molar-refractivity contribution in [1.29, 1.82) is 5.26 Å². The SMILES string of the molecule is COC(=O)[C@@H](C[C@H](C)C#N)NC(=O)c1cccc(F)c1F. The number of nitrogens with zero attached hydrogens (tertiary/aromatic N) is 1. The average Bonchev–Trinajstić information content (AvgIpc) is 2.48. The Balaban J connectivity index is 2.93. The van der Waals surface area contributed by atoms with Crippen LogP contribution >= 0.6 is 0 Å². The maximum absolute atomic E-state index is 13.5. The fourth-order valence-corrected chi connectivity index (χ4v) is 1.68. The highest BCUT2D eigenvalue weighted by atomic mass is 19.2. The first-order valence-electron chi connectivity index (χ1n) is 6.13. The molecule has 1 rings (SSSR count). The number of hydrogen-bond donors (Lipinski definition) is 1. The Hall–Kier alpha value is -2.49. The number of carbonyl (C=O) groups is 2. The third kappa shape index (κ3) is 4.24. The zero-order chi connectivity index (χ0) is 16.0. The van der Waals surface area contributed by atoms with Crippen molar-refractivity contribution in [3.8, 4) is 6.07 Å². The van der Waals surface area contributed by atoms with Gasteiger partial charge in [0.2, 0.25) is 0 Å². The van der Waals surface area contributed by atoms with E-state index in [0.29, 0.717) is 0 Å². The summed E-state index contributed by atoms with van der Waals surface area (Å²) in [4.78, 5) is 23.5. The maximum atomic E-state index is 13.5. The predicted octanol–water partition coefficient (Wildman–Crippen LogP) is 1.79. The number of nitrogens with one attached hydrogen (secondary N) is 1. The van der Waals surface area contributed by atoms with Gasteiger partial charge < -0.3 is 10.1 Å². The third-order valence-electron chi connectivity index (χ3n) is 2.80. The Morgan fingerprint density at radius 2 is 2.10 bits per heavy atom. The number of amides is 1. The number of benzene rings is 1. The Labute approximate surface area is 120 Å². The molecule has 5 nitrogen and oxygen atoms in total. The Morgan fingerprint density at radius 1 is 1.43 bits per heavy atom. The van der Waals surface area contributed by atoms with E-state index in [0.717, 1.165) is 19.2 Å². The van der Waals surface area contributed by atoms with Gasteiger partial charge in [-0.2, -0.15) is 5.26 Å². The summed E-state index contributed by atoms with van der Waals surface area (Å²) < 4.78 is 31.1. The van der Waals surface area contributed by atoms with Crippen molar-refractivity contribution in [2.24, 2.45) is 5.92 Å². The third-order valence-corrected chi connectivity index (χ3v) is 2.80. The molecule has 0 heterocycles. The molecule has 1 N–H and O–H groups in total. The van der Waals surface area contributed by atoms with Crippen molar-refractivity contribution in [3.63, 3.8) is 0 Å². The number of rotatable bonds is 5. The van der Waals surface area contributed by atoms with Gasteiger partial charge in [-0.1, -0.05) is 6.07 Å². The number of ether oxygens (including phenoxy) is 1. The van der Waals surface area contributed by atoms with Crippen LogP contribution in [0, 0.1) is 28.9 Å². The van der Waals surface area contributed by atoms with Crippen LogP contribution in [0.25, 0.3) is 0 Å². The van der Waals surface area contributed by atoms with E-state index in [9.17, 15) is 18.4 Å². The second kappa shape index (κ2) is 7.33. The van der Waals surface area contributed by atoms with Crippen LogP contribution in [-0.4, -0.2) is 25.0 Å². The van der Waals surface area contributed by atoms with Crippen LogP contribution in [-0.2, 0) is 9.53 Å². The molecule has 0 aromatic heterocycles. The molecule has 0 spiro atoms. The quantitative estimate of drug-likeness (QED) is 0.840. The molecule has 0 aliphatic carbocycles. The van der Waals surface area contributed by atoms with Crippen LogP contribution in [0.4, 0.5) is 8.78 Å². The fourth-order valence-electron chi connectivity index (χ4n) is 1.68. The number of halogens is 2. The zero-order valence-corrected chi connectivity index (χ0v) is 11.5. The Bertz CT molecular complexity index is 584. The minimum atomic E-state index is -1.30. The van der Waals surface area contributed by atoms with E-state index >= 15 is 0 Å². The largest absolute Gasteiger partial charge is 0.467 e. The van der Waals surface area contributed by atoms with Crippen LogP contribution in [0.1, 0.15) is 23.7 Å². The lowest BCUT2D eigenvalue weighted by atomic mass is 10.0. The van der Waals surface area contributed by atoms with Crippen molar-refractivity contribution in [2.45, 2.75) is 19.4 Å². The molecule has 2 atom stereocenters. The first-order chi connectivity index (χ1) is 9.90. The van der Waals surface area contributed by atoms with Gasteiger partial charge >= 0.3 is 5.97 Å². The van der Waals surface area contributed by atoms with E-state index in [1.807, 2.05) is 6.07 Å². The molecule has 0 aliphatic heterocycles. The van der Waals surface area contributed by atoms with E-state index in [2.05, 4.69) is 10.1 Å². The van der Waals surface area contributed by atoms with Gasteiger partial charge in [0, 0.05) is 5.92 Å². The van der Waals surface area contributed by atoms with Gasteiger partial charge in [-0.15, -0.1) is 0 Å². The lowest BCUT2D eigenvalue weighted by molar-refractivity contribution is -0.143. The normalized spacial score (nSPS) is 12.9. The summed E-state index contributed by atoms with van der Waals surface area (Å²) in [5.74, 6) is -4.70. The standard InChI is InChI=1S/C14H14F2N2O3/c1-8(7-17)6-11(14(20)21-2)18-13(19)9-4-3-5-10(15)12(9)16/h3-5,8,11H,6H2,1-2H3,(H,18,19)/t8-,11+/m0/s1. The van der Waals surface area contributed by atoms with Crippen LogP contribution < -0.4 is 5.32 Å². The summed E-state index contributed by atoms with van der Waals surface area (Å²) in [5, 5.41) is 11.0. The van der Waals surface area contributed by atoms with Gasteiger partial charge in [-0.05, 0) is 25.5 Å². The van der Waals surface area contributed by atoms with Gasteiger partial charge in [-0.3, -0.25) is 4.79 Å². The maximum Gasteiger partial charge on any atom is 0.328 e. The molecule has 0 fully saturated rings. The summed E-state index contributed by atoms with van der Waals surface area (Å²) >= 11 is 0. The van der Waals surface area contributed by atoms with E-state index in [1.54, 1.807) is 6.92 Å². The second-order valence-electron chi connectivity index (χ2n) is 4.42. The molecular weight excluding hydrogens is 282 g/mol. The first kappa shape index (κ1) is 16.6. The van der Waals surface area contributed by atoms with Gasteiger partial charge in [0.25, 0.3) is 5.91 Å². The molecule has 1 aromatic carbocycles. The monoisotopic (exact) mass is 296 g/mol. The minimum Gasteiger partial charge on any atom is -0.467 e. The van der Waals surface area contributed by atoms with Crippen LogP contribution in [0.5, 0.6) is 0 Å². The molecule has 0 saturated carbocycles. The number of esters is 1. The van der Waals surface area contributed by atoms with Crippen molar-refractivity contribution < 1.29 is 23.1 Å². The summed E-state index contributed by atoms with van der Waals surface area (Å²) in [6, 6.07) is 3.95. The van der Waals surface area contributed by atoms with Gasteiger partial charge in [0.15, 0.2) is 11.6 Å². The van der Waals surface area contributed by atoms with E-state index < -0.39 is 41.0 Å². The molecule has 0 unspecified atom stereocenters. The molecule has 0 bridgehead atoms. The van der Waals surface area contributed by atoms with Crippen LogP contribution in [0.15, 0.2) is 18.2 Å². The lowest BCUT2D eigenvalue weighted by Crippen LogP contribution is -2.42. The van der Waals surface area contributed by atoms with E-state index in [1.165, 1.54) is 6.07 Å². The molecule has 0 aliphatic rings. The molecule has 21 heavy (non-hydrogen) atoms. The van der Waals surface area contributed by atoms with Crippen molar-refractivity contribution in [3.05, 3.63) is 35.4 Å². The van der Waals surface area contributed by atoms with E-state index in [4.69, 9.17) is 5.26 Å². The Morgan fingerprint density at radius 3 is 2.67 bits per heavy atom. The summed E-state index contributed by atoms with van der Waals surface area (Å²) in [6.07, 6.45) is 0.00580. The molecule has 1 amide bonds. The number of carbonyl (C=O) groups excluding carboxylic acids is 2. The Kier molecular flexibility index (Phi) is 5.79. The zero-order valence-electron chi connectivity index (χ0n) is 11.5. The number of nitriles is 1. The number of methoxy groups -OCH3 is 1. The van der Waals surface area contributed by atoms with Crippen LogP contribution in [0.2, 0.25) is 0 Å². The van der Waals surface area contributed by atoms with Gasteiger partial charge in [-0.25, -0.2) is 13.6 Å². The lowest BCUT2D eigenvalue weighted by Gasteiger charge is -2.17. The topological polar surface area (TPSA) is 79.2 Å². The average molecular weight is 296 g/mol. The highest BCUT2D eigenvalue weighted by molar-refractivity contribution is 5.97. The second-order valence-corrected chi connectivity index (χ2v) is 4.42.